The molecule has 7 heteroatoms. The molecule has 1 heterocycles. The van der Waals surface area contributed by atoms with Crippen LogP contribution in [0.3, 0.4) is 0 Å². The van der Waals surface area contributed by atoms with Crippen molar-refractivity contribution in [1.82, 2.24) is 4.98 Å². The quantitative estimate of drug-likeness (QED) is 0.937. The van der Waals surface area contributed by atoms with Gasteiger partial charge in [0, 0.05) is 12.4 Å². The van der Waals surface area contributed by atoms with Crippen LogP contribution in [-0.4, -0.2) is 24.5 Å². The zero-order valence-electron chi connectivity index (χ0n) is 10.2. The number of carboxylic acids is 1. The molecular formula is C13H10ClNO4S. The Balaban J connectivity index is 2.40. The Morgan fingerprint density at radius 3 is 2.45 bits per heavy atom. The molecule has 0 fully saturated rings. The van der Waals surface area contributed by atoms with Crippen LogP contribution in [0.2, 0.25) is 5.02 Å². The van der Waals surface area contributed by atoms with Crippen LogP contribution in [-0.2, 0) is 15.6 Å². The van der Waals surface area contributed by atoms with E-state index in [9.17, 15) is 13.2 Å². The summed E-state index contributed by atoms with van der Waals surface area (Å²) in [5, 5.41) is 8.96. The van der Waals surface area contributed by atoms with E-state index in [1.54, 1.807) is 12.1 Å². The predicted octanol–water partition coefficient (Wildman–Crippen LogP) is 2.41. The molecule has 20 heavy (non-hydrogen) atoms. The fourth-order valence-electron chi connectivity index (χ4n) is 1.64. The first-order valence-electron chi connectivity index (χ1n) is 5.54. The molecule has 0 saturated carbocycles. The Morgan fingerprint density at radius 1 is 1.20 bits per heavy atom. The maximum Gasteiger partial charge on any atom is 0.337 e. The zero-order chi connectivity index (χ0) is 14.8. The van der Waals surface area contributed by atoms with Gasteiger partial charge in [0.25, 0.3) is 0 Å². The maximum atomic E-state index is 12.2. The van der Waals surface area contributed by atoms with Crippen LogP contribution in [0, 0.1) is 0 Å². The zero-order valence-corrected chi connectivity index (χ0v) is 11.7. The van der Waals surface area contributed by atoms with Gasteiger partial charge >= 0.3 is 5.97 Å². The molecule has 0 amide bonds. The summed E-state index contributed by atoms with van der Waals surface area (Å²) in [5.41, 5.74) is 0.342. The number of rotatable bonds is 4. The lowest BCUT2D eigenvalue weighted by molar-refractivity contribution is 0.0697. The second kappa shape index (κ2) is 5.60. The van der Waals surface area contributed by atoms with Gasteiger partial charge in [0.05, 0.1) is 21.2 Å². The van der Waals surface area contributed by atoms with Crippen LogP contribution in [0.5, 0.6) is 0 Å². The van der Waals surface area contributed by atoms with E-state index in [2.05, 4.69) is 4.98 Å². The molecule has 2 aromatic rings. The average Bonchev–Trinajstić information content (AvgIpc) is 2.39. The van der Waals surface area contributed by atoms with Gasteiger partial charge in [-0.05, 0) is 35.9 Å². The molecule has 104 valence electrons. The fraction of sp³-hybridized carbons (Fsp3) is 0.0769. The summed E-state index contributed by atoms with van der Waals surface area (Å²) >= 11 is 5.72. The highest BCUT2D eigenvalue weighted by molar-refractivity contribution is 7.90. The first kappa shape index (κ1) is 14.5. The van der Waals surface area contributed by atoms with Gasteiger partial charge < -0.3 is 5.11 Å². The predicted molar refractivity (Wildman–Crippen MR) is 73.5 cm³/mol. The van der Waals surface area contributed by atoms with Gasteiger partial charge in [-0.25, -0.2) is 13.2 Å². The van der Waals surface area contributed by atoms with Crippen molar-refractivity contribution in [1.29, 1.82) is 0 Å². The number of halogens is 1. The summed E-state index contributed by atoms with van der Waals surface area (Å²) in [6, 6.07) is 6.81. The number of sulfone groups is 1. The number of aromatic nitrogens is 1. The molecule has 0 aliphatic rings. The minimum Gasteiger partial charge on any atom is -0.478 e. The van der Waals surface area contributed by atoms with E-state index in [1.807, 2.05) is 0 Å². The third kappa shape index (κ3) is 3.15. The SMILES string of the molecule is O=C(O)c1cc(S(=O)(=O)Cc2ccncc2)ccc1Cl. The third-order valence-electron chi connectivity index (χ3n) is 2.63. The van der Waals surface area contributed by atoms with Gasteiger partial charge in [-0.3, -0.25) is 4.98 Å². The normalized spacial score (nSPS) is 11.2. The van der Waals surface area contributed by atoms with Crippen molar-refractivity contribution in [2.75, 3.05) is 0 Å². The number of pyridine rings is 1. The first-order valence-corrected chi connectivity index (χ1v) is 7.58. The van der Waals surface area contributed by atoms with Crippen LogP contribution in [0.1, 0.15) is 15.9 Å². The summed E-state index contributed by atoms with van der Waals surface area (Å²) in [5.74, 6) is -1.49. The number of hydrogen-bond donors (Lipinski definition) is 1. The number of hydrogen-bond acceptors (Lipinski definition) is 4. The maximum absolute atomic E-state index is 12.2. The molecule has 0 aliphatic carbocycles. The van der Waals surface area contributed by atoms with Gasteiger partial charge in [-0.1, -0.05) is 11.6 Å². The Bertz CT molecular complexity index is 744. The highest BCUT2D eigenvalue weighted by Crippen LogP contribution is 2.23. The monoisotopic (exact) mass is 311 g/mol. The second-order valence-corrected chi connectivity index (χ2v) is 6.46. The topological polar surface area (TPSA) is 84.3 Å². The molecule has 0 aliphatic heterocycles. The van der Waals surface area contributed by atoms with Crippen molar-refractivity contribution in [2.24, 2.45) is 0 Å². The first-order chi connectivity index (χ1) is 9.40. The standard InChI is InChI=1S/C13H10ClNO4S/c14-12-2-1-10(7-11(12)13(16)17)20(18,19)8-9-3-5-15-6-4-9/h1-7H,8H2,(H,16,17). The second-order valence-electron chi connectivity index (χ2n) is 4.06. The largest absolute Gasteiger partial charge is 0.478 e. The van der Waals surface area contributed by atoms with Gasteiger partial charge in [0.2, 0.25) is 0 Å². The molecule has 0 unspecified atom stereocenters. The van der Waals surface area contributed by atoms with E-state index >= 15 is 0 Å². The average molecular weight is 312 g/mol. The van der Waals surface area contributed by atoms with E-state index < -0.39 is 15.8 Å². The van der Waals surface area contributed by atoms with E-state index in [-0.39, 0.29) is 21.2 Å². The van der Waals surface area contributed by atoms with Crippen LogP contribution in [0.4, 0.5) is 0 Å². The van der Waals surface area contributed by atoms with Crippen molar-refractivity contribution < 1.29 is 18.3 Å². The van der Waals surface area contributed by atoms with Crippen LogP contribution in [0.25, 0.3) is 0 Å². The lowest BCUT2D eigenvalue weighted by atomic mass is 10.2. The van der Waals surface area contributed by atoms with Crippen molar-refractivity contribution in [3.8, 4) is 0 Å². The minimum atomic E-state index is -3.64. The van der Waals surface area contributed by atoms with Gasteiger partial charge in [-0.2, -0.15) is 0 Å². The minimum absolute atomic E-state index is 0.000334. The summed E-state index contributed by atoms with van der Waals surface area (Å²) in [6.07, 6.45) is 2.99. The molecule has 0 saturated heterocycles. The Hall–Kier alpha value is -1.92. The summed E-state index contributed by atoms with van der Waals surface area (Å²) in [6.45, 7) is 0. The van der Waals surface area contributed by atoms with E-state index in [0.29, 0.717) is 5.56 Å². The Labute approximate surface area is 120 Å². The molecular weight excluding hydrogens is 302 g/mol. The van der Waals surface area contributed by atoms with Crippen molar-refractivity contribution in [3.63, 3.8) is 0 Å². The highest BCUT2D eigenvalue weighted by Gasteiger charge is 2.19. The van der Waals surface area contributed by atoms with Crippen LogP contribution >= 0.6 is 11.6 Å². The molecule has 1 aromatic heterocycles. The van der Waals surface area contributed by atoms with Crippen molar-refractivity contribution in [3.05, 3.63) is 58.9 Å². The molecule has 0 bridgehead atoms. The van der Waals surface area contributed by atoms with E-state index in [1.165, 1.54) is 24.5 Å². The number of carbonyl (C=O) groups is 1. The highest BCUT2D eigenvalue weighted by atomic mass is 35.5. The van der Waals surface area contributed by atoms with Crippen LogP contribution < -0.4 is 0 Å². The molecule has 0 atom stereocenters. The van der Waals surface area contributed by atoms with Gasteiger partial charge in [-0.15, -0.1) is 0 Å². The summed E-state index contributed by atoms with van der Waals surface area (Å²) in [4.78, 5) is 14.7. The van der Waals surface area contributed by atoms with E-state index in [0.717, 1.165) is 6.07 Å². The van der Waals surface area contributed by atoms with E-state index in [4.69, 9.17) is 16.7 Å². The number of carboxylic acid groups (broad SMARTS) is 1. The Morgan fingerprint density at radius 2 is 1.85 bits per heavy atom. The number of benzene rings is 1. The molecule has 0 spiro atoms. The van der Waals surface area contributed by atoms with Gasteiger partial charge in [0.15, 0.2) is 9.84 Å². The fourth-order valence-corrected chi connectivity index (χ4v) is 3.21. The number of aromatic carboxylic acids is 1. The molecule has 0 radical (unpaired) electrons. The summed E-state index contributed by atoms with van der Waals surface area (Å²) < 4.78 is 24.5. The summed E-state index contributed by atoms with van der Waals surface area (Å²) in [7, 11) is -3.64. The smallest absolute Gasteiger partial charge is 0.337 e. The van der Waals surface area contributed by atoms with Crippen molar-refractivity contribution in [2.45, 2.75) is 10.6 Å². The Kier molecular flexibility index (Phi) is 4.06. The lowest BCUT2D eigenvalue weighted by Gasteiger charge is -2.06. The number of nitrogens with zero attached hydrogens (tertiary/aromatic N) is 1. The lowest BCUT2D eigenvalue weighted by Crippen LogP contribution is -2.07. The molecule has 1 aromatic carbocycles. The molecule has 5 nitrogen and oxygen atoms in total. The third-order valence-corrected chi connectivity index (χ3v) is 4.65. The molecule has 2 rings (SSSR count). The van der Waals surface area contributed by atoms with Gasteiger partial charge in [0.1, 0.15) is 0 Å². The van der Waals surface area contributed by atoms with Crippen molar-refractivity contribution >= 4 is 27.4 Å². The molecule has 1 N–H and O–H groups in total. The van der Waals surface area contributed by atoms with Crippen LogP contribution in [0.15, 0.2) is 47.6 Å².